The van der Waals surface area contributed by atoms with E-state index in [-0.39, 0.29) is 5.91 Å². The van der Waals surface area contributed by atoms with Gasteiger partial charge in [0.1, 0.15) is 11.5 Å². The summed E-state index contributed by atoms with van der Waals surface area (Å²) < 4.78 is 35.4. The molecule has 0 fully saturated rings. The molecule has 0 aliphatic carbocycles. The molecule has 2 aromatic carbocycles. The van der Waals surface area contributed by atoms with E-state index in [4.69, 9.17) is 9.47 Å². The summed E-state index contributed by atoms with van der Waals surface area (Å²) in [6, 6.07) is 14.5. The third kappa shape index (κ3) is 6.95. The molecule has 0 radical (unpaired) electrons. The molecule has 1 amide bonds. The summed E-state index contributed by atoms with van der Waals surface area (Å²) in [4.78, 5) is 12.5. The van der Waals surface area contributed by atoms with Crippen molar-refractivity contribution in [3.05, 3.63) is 54.1 Å². The van der Waals surface area contributed by atoms with Crippen molar-refractivity contribution in [3.63, 3.8) is 0 Å². The van der Waals surface area contributed by atoms with Gasteiger partial charge in [0.25, 0.3) is 5.91 Å². The standard InChI is InChI=1S/C22H30N2O5S/c1-5-21(29-19-13-11-18(12-14-19)24(2)30(4,26)27)22(25)23-15-7-9-17-8-6-10-20(16-17)28-3/h6,8,10-14,16,21H,5,7,9,15H2,1-4H3,(H,23,25)/t21-/m1/s1. The van der Waals surface area contributed by atoms with Gasteiger partial charge in [-0.25, -0.2) is 8.42 Å². The topological polar surface area (TPSA) is 84.9 Å². The summed E-state index contributed by atoms with van der Waals surface area (Å²) in [5.74, 6) is 1.17. The Morgan fingerprint density at radius 1 is 1.13 bits per heavy atom. The Kier molecular flexibility index (Phi) is 8.53. The minimum absolute atomic E-state index is 0.166. The van der Waals surface area contributed by atoms with Crippen LogP contribution in [-0.4, -0.2) is 47.4 Å². The van der Waals surface area contributed by atoms with Crippen molar-refractivity contribution in [2.75, 3.05) is 31.3 Å². The predicted molar refractivity (Wildman–Crippen MR) is 119 cm³/mol. The first-order valence-electron chi connectivity index (χ1n) is 9.86. The lowest BCUT2D eigenvalue weighted by Crippen LogP contribution is -2.38. The molecule has 0 aliphatic rings. The highest BCUT2D eigenvalue weighted by molar-refractivity contribution is 7.92. The Bertz CT molecular complexity index is 929. The maximum atomic E-state index is 12.5. The smallest absolute Gasteiger partial charge is 0.261 e. The number of sulfonamides is 1. The Morgan fingerprint density at radius 3 is 2.43 bits per heavy atom. The molecule has 8 heteroatoms. The van der Waals surface area contributed by atoms with Crippen LogP contribution in [0.3, 0.4) is 0 Å². The second-order valence-corrected chi connectivity index (χ2v) is 9.00. The second-order valence-electron chi connectivity index (χ2n) is 6.99. The zero-order valence-electron chi connectivity index (χ0n) is 17.9. The average Bonchev–Trinajstić information content (AvgIpc) is 2.74. The van der Waals surface area contributed by atoms with Gasteiger partial charge in [-0.2, -0.15) is 0 Å². The lowest BCUT2D eigenvalue weighted by Gasteiger charge is -2.19. The van der Waals surface area contributed by atoms with Gasteiger partial charge in [0, 0.05) is 13.6 Å². The monoisotopic (exact) mass is 434 g/mol. The number of carbonyl (C=O) groups excluding carboxylic acids is 1. The molecular formula is C22H30N2O5S. The van der Waals surface area contributed by atoms with Gasteiger partial charge in [-0.1, -0.05) is 19.1 Å². The highest BCUT2D eigenvalue weighted by atomic mass is 32.2. The minimum atomic E-state index is -3.33. The fraction of sp³-hybridized carbons (Fsp3) is 0.409. The molecule has 0 heterocycles. The van der Waals surface area contributed by atoms with E-state index in [1.165, 1.54) is 11.4 Å². The zero-order chi connectivity index (χ0) is 22.1. The molecule has 7 nitrogen and oxygen atoms in total. The fourth-order valence-corrected chi connectivity index (χ4v) is 3.36. The Labute approximate surface area is 179 Å². The molecule has 0 spiro atoms. The van der Waals surface area contributed by atoms with Crippen LogP contribution in [0.2, 0.25) is 0 Å². The summed E-state index contributed by atoms with van der Waals surface area (Å²) in [5.41, 5.74) is 1.69. The van der Waals surface area contributed by atoms with E-state index in [9.17, 15) is 13.2 Å². The lowest BCUT2D eigenvalue weighted by atomic mass is 10.1. The normalized spacial score (nSPS) is 12.1. The molecule has 0 saturated carbocycles. The van der Waals surface area contributed by atoms with Gasteiger partial charge >= 0.3 is 0 Å². The van der Waals surface area contributed by atoms with Crippen molar-refractivity contribution in [2.45, 2.75) is 32.3 Å². The summed E-state index contributed by atoms with van der Waals surface area (Å²) in [6.07, 6.45) is 2.70. The molecule has 2 aromatic rings. The fourth-order valence-electron chi connectivity index (χ4n) is 2.86. The van der Waals surface area contributed by atoms with E-state index in [1.54, 1.807) is 31.4 Å². The number of benzene rings is 2. The lowest BCUT2D eigenvalue weighted by molar-refractivity contribution is -0.128. The highest BCUT2D eigenvalue weighted by Gasteiger charge is 2.18. The van der Waals surface area contributed by atoms with Crippen LogP contribution in [-0.2, 0) is 21.2 Å². The van der Waals surface area contributed by atoms with Gasteiger partial charge in [0.2, 0.25) is 10.0 Å². The molecule has 1 N–H and O–H groups in total. The Hall–Kier alpha value is -2.74. The highest BCUT2D eigenvalue weighted by Crippen LogP contribution is 2.21. The molecule has 0 bridgehead atoms. The number of hydrogen-bond acceptors (Lipinski definition) is 5. The van der Waals surface area contributed by atoms with Gasteiger partial charge in [-0.15, -0.1) is 0 Å². The van der Waals surface area contributed by atoms with Gasteiger partial charge in [-0.05, 0) is 61.2 Å². The van der Waals surface area contributed by atoms with Crippen LogP contribution in [0.1, 0.15) is 25.3 Å². The summed E-state index contributed by atoms with van der Waals surface area (Å²) in [5, 5.41) is 2.92. The maximum absolute atomic E-state index is 12.5. The van der Waals surface area contributed by atoms with E-state index in [0.717, 1.165) is 30.4 Å². The van der Waals surface area contributed by atoms with Crippen molar-refractivity contribution in [3.8, 4) is 11.5 Å². The van der Waals surface area contributed by atoms with Crippen molar-refractivity contribution in [1.82, 2.24) is 5.32 Å². The van der Waals surface area contributed by atoms with Crippen molar-refractivity contribution in [2.24, 2.45) is 0 Å². The number of ether oxygens (including phenoxy) is 2. The van der Waals surface area contributed by atoms with Crippen molar-refractivity contribution < 1.29 is 22.7 Å². The third-order valence-corrected chi connectivity index (χ3v) is 5.92. The molecule has 2 rings (SSSR count). The molecular weight excluding hydrogens is 404 g/mol. The molecule has 0 aliphatic heterocycles. The number of aryl methyl sites for hydroxylation is 1. The van der Waals surface area contributed by atoms with E-state index < -0.39 is 16.1 Å². The third-order valence-electron chi connectivity index (χ3n) is 4.71. The number of nitrogens with one attached hydrogen (secondary N) is 1. The number of amides is 1. The number of carbonyl (C=O) groups is 1. The number of nitrogens with zero attached hydrogens (tertiary/aromatic N) is 1. The number of methoxy groups -OCH3 is 1. The molecule has 1 atom stereocenters. The predicted octanol–water partition coefficient (Wildman–Crippen LogP) is 3.00. The van der Waals surface area contributed by atoms with E-state index in [2.05, 4.69) is 5.32 Å². The molecule has 164 valence electrons. The van der Waals surface area contributed by atoms with Crippen molar-refractivity contribution in [1.29, 1.82) is 0 Å². The first-order chi connectivity index (χ1) is 14.2. The zero-order valence-corrected chi connectivity index (χ0v) is 18.7. The minimum Gasteiger partial charge on any atom is -0.497 e. The maximum Gasteiger partial charge on any atom is 0.261 e. The van der Waals surface area contributed by atoms with E-state index in [0.29, 0.717) is 24.4 Å². The van der Waals surface area contributed by atoms with Crippen LogP contribution < -0.4 is 19.1 Å². The van der Waals surface area contributed by atoms with Crippen LogP contribution in [0, 0.1) is 0 Å². The SMILES string of the molecule is CC[C@@H](Oc1ccc(N(C)S(C)(=O)=O)cc1)C(=O)NCCCc1cccc(OC)c1. The summed E-state index contributed by atoms with van der Waals surface area (Å²) in [6.45, 7) is 2.43. The largest absolute Gasteiger partial charge is 0.497 e. The number of rotatable bonds is 11. The van der Waals surface area contributed by atoms with Crippen molar-refractivity contribution >= 4 is 21.6 Å². The van der Waals surface area contributed by atoms with Crippen LogP contribution in [0.4, 0.5) is 5.69 Å². The molecule has 0 unspecified atom stereocenters. The average molecular weight is 435 g/mol. The van der Waals surface area contributed by atoms with E-state index in [1.807, 2.05) is 31.2 Å². The second kappa shape index (κ2) is 10.9. The molecule has 30 heavy (non-hydrogen) atoms. The summed E-state index contributed by atoms with van der Waals surface area (Å²) >= 11 is 0. The Morgan fingerprint density at radius 2 is 1.83 bits per heavy atom. The summed E-state index contributed by atoms with van der Waals surface area (Å²) in [7, 11) is -0.200. The Balaban J connectivity index is 1.84. The van der Waals surface area contributed by atoms with E-state index >= 15 is 0 Å². The quantitative estimate of drug-likeness (QED) is 0.550. The van der Waals surface area contributed by atoms with Gasteiger partial charge in [-0.3, -0.25) is 9.10 Å². The first-order valence-corrected chi connectivity index (χ1v) is 11.7. The van der Waals surface area contributed by atoms with Gasteiger partial charge in [0.15, 0.2) is 6.10 Å². The van der Waals surface area contributed by atoms with Crippen LogP contribution in [0.5, 0.6) is 11.5 Å². The number of anilines is 1. The molecule has 0 aromatic heterocycles. The van der Waals surface area contributed by atoms with Gasteiger partial charge < -0.3 is 14.8 Å². The van der Waals surface area contributed by atoms with Gasteiger partial charge in [0.05, 0.1) is 19.1 Å². The van der Waals surface area contributed by atoms with Crippen LogP contribution in [0.25, 0.3) is 0 Å². The van der Waals surface area contributed by atoms with Crippen LogP contribution in [0.15, 0.2) is 48.5 Å². The van der Waals surface area contributed by atoms with Crippen LogP contribution >= 0.6 is 0 Å². The number of hydrogen-bond donors (Lipinski definition) is 1. The molecule has 0 saturated heterocycles. The first kappa shape index (κ1) is 23.5.